The molecule has 2 rings (SSSR count). The topological polar surface area (TPSA) is 80.4 Å². The Morgan fingerprint density at radius 2 is 2.10 bits per heavy atom. The summed E-state index contributed by atoms with van der Waals surface area (Å²) >= 11 is 0. The van der Waals surface area contributed by atoms with Crippen LogP contribution in [-0.4, -0.2) is 31.9 Å². The van der Waals surface area contributed by atoms with Crippen LogP contribution < -0.4 is 10.2 Å². The highest BCUT2D eigenvalue weighted by molar-refractivity contribution is 6.59. The minimum atomic E-state index is -1.46. The zero-order chi connectivity index (χ0) is 14.7. The summed E-state index contributed by atoms with van der Waals surface area (Å²) in [5.41, 5.74) is 1.24. The number of ether oxygens (including phenoxy) is 1. The van der Waals surface area contributed by atoms with Gasteiger partial charge in [-0.05, 0) is 43.9 Å². The number of hydrogen-bond donors (Lipinski definition) is 2. The first-order valence-electron chi connectivity index (χ1n) is 6.47. The summed E-state index contributed by atoms with van der Waals surface area (Å²) in [6, 6.07) is 5.34. The molecule has 20 heavy (non-hydrogen) atoms. The summed E-state index contributed by atoms with van der Waals surface area (Å²) in [5.74, 6) is 1.41. The smallest absolute Gasteiger partial charge is 0.486 e. The van der Waals surface area contributed by atoms with E-state index in [9.17, 15) is 0 Å². The standard InChI is InChI=1S/C13H18BN3O3/c1-9(2)17-13(15-8-16-17)7-20-11-4-5-12(14(18)19)10(3)6-11/h4-6,8-9,18-19H,7H2,1-3H3. The fourth-order valence-corrected chi connectivity index (χ4v) is 1.98. The maximum atomic E-state index is 9.17. The first-order chi connectivity index (χ1) is 9.49. The largest absolute Gasteiger partial charge is 0.488 e. The van der Waals surface area contributed by atoms with Crippen LogP contribution in [0.3, 0.4) is 0 Å². The SMILES string of the molecule is Cc1cc(OCc2ncnn2C(C)C)ccc1B(O)O. The lowest BCUT2D eigenvalue weighted by atomic mass is 9.77. The molecule has 0 fully saturated rings. The van der Waals surface area contributed by atoms with E-state index in [1.807, 2.05) is 13.8 Å². The highest BCUT2D eigenvalue weighted by Crippen LogP contribution is 2.14. The number of aromatic nitrogens is 3. The third kappa shape index (κ3) is 3.18. The van der Waals surface area contributed by atoms with Gasteiger partial charge in [-0.2, -0.15) is 5.10 Å². The Morgan fingerprint density at radius 1 is 1.35 bits per heavy atom. The fraction of sp³-hybridized carbons (Fsp3) is 0.385. The van der Waals surface area contributed by atoms with Crippen molar-refractivity contribution in [1.82, 2.24) is 14.8 Å². The zero-order valence-corrected chi connectivity index (χ0v) is 11.8. The minimum Gasteiger partial charge on any atom is -0.486 e. The molecule has 2 N–H and O–H groups in total. The Kier molecular flexibility index (Phi) is 4.41. The second-order valence-corrected chi connectivity index (χ2v) is 4.90. The average molecular weight is 275 g/mol. The van der Waals surface area contributed by atoms with Crippen molar-refractivity contribution in [2.24, 2.45) is 0 Å². The fourth-order valence-electron chi connectivity index (χ4n) is 1.98. The number of hydrogen-bond acceptors (Lipinski definition) is 5. The molecule has 7 heteroatoms. The first-order valence-corrected chi connectivity index (χ1v) is 6.47. The molecular weight excluding hydrogens is 257 g/mol. The van der Waals surface area contributed by atoms with Crippen LogP contribution in [-0.2, 0) is 6.61 Å². The molecule has 0 amide bonds. The molecule has 0 spiro atoms. The van der Waals surface area contributed by atoms with Crippen LogP contribution in [0, 0.1) is 6.92 Å². The van der Waals surface area contributed by atoms with Gasteiger partial charge < -0.3 is 14.8 Å². The molecule has 2 aromatic rings. The van der Waals surface area contributed by atoms with E-state index < -0.39 is 7.12 Å². The summed E-state index contributed by atoms with van der Waals surface area (Å²) in [4.78, 5) is 4.17. The summed E-state index contributed by atoms with van der Waals surface area (Å²) in [6.45, 7) is 6.18. The monoisotopic (exact) mass is 275 g/mol. The molecule has 0 unspecified atom stereocenters. The summed E-state index contributed by atoms with van der Waals surface area (Å²) in [5, 5.41) is 22.5. The van der Waals surface area contributed by atoms with Gasteiger partial charge >= 0.3 is 7.12 Å². The van der Waals surface area contributed by atoms with E-state index in [4.69, 9.17) is 14.8 Å². The van der Waals surface area contributed by atoms with Gasteiger partial charge in [0.15, 0.2) is 5.82 Å². The van der Waals surface area contributed by atoms with Gasteiger partial charge in [-0.25, -0.2) is 9.67 Å². The van der Waals surface area contributed by atoms with Crippen molar-refractivity contribution < 1.29 is 14.8 Å². The van der Waals surface area contributed by atoms with Gasteiger partial charge in [0.1, 0.15) is 18.7 Å². The van der Waals surface area contributed by atoms with Crippen LogP contribution in [0.15, 0.2) is 24.5 Å². The van der Waals surface area contributed by atoms with E-state index >= 15 is 0 Å². The maximum absolute atomic E-state index is 9.17. The molecule has 1 aromatic carbocycles. The van der Waals surface area contributed by atoms with E-state index in [1.165, 1.54) is 6.33 Å². The van der Waals surface area contributed by atoms with E-state index in [1.54, 1.807) is 29.8 Å². The van der Waals surface area contributed by atoms with Gasteiger partial charge in [0.2, 0.25) is 0 Å². The Hall–Kier alpha value is -1.86. The van der Waals surface area contributed by atoms with Gasteiger partial charge in [0.05, 0.1) is 0 Å². The second kappa shape index (κ2) is 6.07. The number of aryl methyl sites for hydroxylation is 1. The third-order valence-corrected chi connectivity index (χ3v) is 3.02. The van der Waals surface area contributed by atoms with Crippen molar-refractivity contribution in [3.8, 4) is 5.75 Å². The van der Waals surface area contributed by atoms with Crippen LogP contribution in [0.1, 0.15) is 31.3 Å². The van der Waals surface area contributed by atoms with Crippen LogP contribution in [0.4, 0.5) is 0 Å². The molecule has 1 heterocycles. The summed E-state index contributed by atoms with van der Waals surface area (Å²) in [7, 11) is -1.46. The molecule has 1 aromatic heterocycles. The normalized spacial score (nSPS) is 10.9. The van der Waals surface area contributed by atoms with Crippen LogP contribution >= 0.6 is 0 Å². The highest BCUT2D eigenvalue weighted by atomic mass is 16.5. The summed E-state index contributed by atoms with van der Waals surface area (Å²) in [6.07, 6.45) is 1.51. The molecule has 0 aliphatic heterocycles. The number of nitrogens with zero attached hydrogens (tertiary/aromatic N) is 3. The predicted octanol–water partition coefficient (Wildman–Crippen LogP) is 0.426. The van der Waals surface area contributed by atoms with E-state index in [2.05, 4.69) is 10.1 Å². The van der Waals surface area contributed by atoms with E-state index in [-0.39, 0.29) is 6.04 Å². The molecule has 0 saturated heterocycles. The summed E-state index contributed by atoms with van der Waals surface area (Å²) < 4.78 is 7.47. The average Bonchev–Trinajstić information content (AvgIpc) is 2.84. The quantitative estimate of drug-likeness (QED) is 0.773. The van der Waals surface area contributed by atoms with Gasteiger partial charge in [-0.1, -0.05) is 6.07 Å². The Balaban J connectivity index is 2.08. The van der Waals surface area contributed by atoms with Crippen molar-refractivity contribution in [2.45, 2.75) is 33.4 Å². The van der Waals surface area contributed by atoms with E-state index in [0.717, 1.165) is 11.4 Å². The van der Waals surface area contributed by atoms with Crippen molar-refractivity contribution in [2.75, 3.05) is 0 Å². The molecule has 0 aliphatic carbocycles. The van der Waals surface area contributed by atoms with Crippen molar-refractivity contribution in [3.05, 3.63) is 35.9 Å². The predicted molar refractivity (Wildman–Crippen MR) is 75.7 cm³/mol. The third-order valence-electron chi connectivity index (χ3n) is 3.02. The van der Waals surface area contributed by atoms with Crippen molar-refractivity contribution >= 4 is 12.6 Å². The van der Waals surface area contributed by atoms with Crippen LogP contribution in [0.2, 0.25) is 0 Å². The number of benzene rings is 1. The molecule has 0 atom stereocenters. The lowest BCUT2D eigenvalue weighted by Crippen LogP contribution is -2.31. The molecule has 6 nitrogen and oxygen atoms in total. The zero-order valence-electron chi connectivity index (χ0n) is 11.8. The molecular formula is C13H18BN3O3. The molecule has 0 saturated carbocycles. The lowest BCUT2D eigenvalue weighted by molar-refractivity contribution is 0.282. The van der Waals surface area contributed by atoms with Crippen molar-refractivity contribution in [3.63, 3.8) is 0 Å². The van der Waals surface area contributed by atoms with E-state index in [0.29, 0.717) is 17.8 Å². The van der Waals surface area contributed by atoms with Crippen LogP contribution in [0.5, 0.6) is 5.75 Å². The Labute approximate surface area is 118 Å². The van der Waals surface area contributed by atoms with Gasteiger partial charge in [0.25, 0.3) is 0 Å². The molecule has 0 aliphatic rings. The highest BCUT2D eigenvalue weighted by Gasteiger charge is 2.14. The Bertz CT molecular complexity index is 584. The molecule has 0 radical (unpaired) electrons. The molecule has 106 valence electrons. The Morgan fingerprint density at radius 3 is 2.70 bits per heavy atom. The number of rotatable bonds is 5. The second-order valence-electron chi connectivity index (χ2n) is 4.90. The van der Waals surface area contributed by atoms with Gasteiger partial charge in [0, 0.05) is 6.04 Å². The molecule has 0 bridgehead atoms. The van der Waals surface area contributed by atoms with Gasteiger partial charge in [-0.15, -0.1) is 0 Å². The van der Waals surface area contributed by atoms with Gasteiger partial charge in [-0.3, -0.25) is 0 Å². The maximum Gasteiger partial charge on any atom is 0.488 e. The van der Waals surface area contributed by atoms with Crippen LogP contribution in [0.25, 0.3) is 0 Å². The minimum absolute atomic E-state index is 0.227. The van der Waals surface area contributed by atoms with Crippen molar-refractivity contribution in [1.29, 1.82) is 0 Å². The first kappa shape index (κ1) is 14.6. The lowest BCUT2D eigenvalue weighted by Gasteiger charge is -2.12.